The van der Waals surface area contributed by atoms with E-state index in [0.717, 1.165) is 24.8 Å². The van der Waals surface area contributed by atoms with Crippen molar-refractivity contribution >= 4 is 11.8 Å². The fourth-order valence-corrected chi connectivity index (χ4v) is 2.42. The average molecular weight is 271 g/mol. The van der Waals surface area contributed by atoms with Crippen molar-refractivity contribution in [3.8, 4) is 0 Å². The molecule has 104 valence electrons. The molecule has 0 bridgehead atoms. The van der Waals surface area contributed by atoms with Crippen LogP contribution in [0.4, 0.5) is 10.6 Å². The van der Waals surface area contributed by atoms with Gasteiger partial charge in [0.1, 0.15) is 5.82 Å². The fraction of sp³-hybridized carbons (Fsp3) is 0.357. The summed E-state index contributed by atoms with van der Waals surface area (Å²) >= 11 is 0. The molecule has 2 aromatic heterocycles. The van der Waals surface area contributed by atoms with Crippen LogP contribution in [0.2, 0.25) is 0 Å². The lowest BCUT2D eigenvalue weighted by Gasteiger charge is -2.22. The van der Waals surface area contributed by atoms with Crippen LogP contribution in [0.25, 0.3) is 0 Å². The van der Waals surface area contributed by atoms with Gasteiger partial charge in [-0.15, -0.1) is 0 Å². The van der Waals surface area contributed by atoms with Crippen molar-refractivity contribution < 1.29 is 4.79 Å². The minimum atomic E-state index is -0.210. The number of H-pyrrole nitrogens is 1. The highest BCUT2D eigenvalue weighted by Crippen LogP contribution is 2.18. The molecule has 20 heavy (non-hydrogen) atoms. The van der Waals surface area contributed by atoms with Crippen LogP contribution in [0.15, 0.2) is 24.5 Å². The first-order valence-corrected chi connectivity index (χ1v) is 6.72. The SMILES string of the molecule is Cc1ccc(NC(=O)N[C@@H]2CCc3[nH]ncc3C2)nc1. The average Bonchev–Trinajstić information content (AvgIpc) is 2.89. The van der Waals surface area contributed by atoms with E-state index in [-0.39, 0.29) is 12.1 Å². The van der Waals surface area contributed by atoms with E-state index in [1.807, 2.05) is 19.2 Å². The molecule has 1 atom stereocenters. The molecule has 0 aromatic carbocycles. The van der Waals surface area contributed by atoms with Gasteiger partial charge < -0.3 is 5.32 Å². The summed E-state index contributed by atoms with van der Waals surface area (Å²) in [7, 11) is 0. The molecule has 6 nitrogen and oxygen atoms in total. The summed E-state index contributed by atoms with van der Waals surface area (Å²) < 4.78 is 0. The standard InChI is InChI=1S/C14H17N5O/c1-9-2-5-13(15-7-9)18-14(20)17-11-3-4-12-10(6-11)8-16-19-12/h2,5,7-8,11H,3-4,6H2,1H3,(H,16,19)(H2,15,17,18,20)/t11-/m1/s1. The number of carbonyl (C=O) groups excluding carboxylic acids is 1. The van der Waals surface area contributed by atoms with Gasteiger partial charge in [-0.1, -0.05) is 6.07 Å². The molecule has 0 fully saturated rings. The number of aromatic nitrogens is 3. The number of fused-ring (bicyclic) bond motifs is 1. The zero-order valence-corrected chi connectivity index (χ0v) is 11.3. The lowest BCUT2D eigenvalue weighted by molar-refractivity contribution is 0.247. The maximum absolute atomic E-state index is 11.9. The highest BCUT2D eigenvalue weighted by molar-refractivity contribution is 5.88. The minimum Gasteiger partial charge on any atom is -0.335 e. The van der Waals surface area contributed by atoms with Gasteiger partial charge in [0.15, 0.2) is 0 Å². The van der Waals surface area contributed by atoms with Crippen LogP contribution < -0.4 is 10.6 Å². The summed E-state index contributed by atoms with van der Waals surface area (Å²) in [6.45, 7) is 1.96. The molecule has 0 unspecified atom stereocenters. The van der Waals surface area contributed by atoms with E-state index >= 15 is 0 Å². The fourth-order valence-electron chi connectivity index (χ4n) is 2.42. The highest BCUT2D eigenvalue weighted by atomic mass is 16.2. The van der Waals surface area contributed by atoms with Gasteiger partial charge in [-0.2, -0.15) is 5.10 Å². The van der Waals surface area contributed by atoms with Crippen molar-refractivity contribution in [2.45, 2.75) is 32.2 Å². The predicted molar refractivity (Wildman–Crippen MR) is 75.5 cm³/mol. The first kappa shape index (κ1) is 12.7. The van der Waals surface area contributed by atoms with Crippen molar-refractivity contribution in [3.63, 3.8) is 0 Å². The Balaban J connectivity index is 1.56. The molecule has 1 aliphatic rings. The Morgan fingerprint density at radius 2 is 2.30 bits per heavy atom. The molecule has 3 N–H and O–H groups in total. The first-order valence-electron chi connectivity index (χ1n) is 6.72. The molecule has 0 radical (unpaired) electrons. The molecule has 3 rings (SSSR count). The monoisotopic (exact) mass is 271 g/mol. The number of aryl methyl sites for hydroxylation is 2. The number of nitrogens with one attached hydrogen (secondary N) is 3. The Bertz CT molecular complexity index is 604. The second-order valence-electron chi connectivity index (χ2n) is 5.13. The smallest absolute Gasteiger partial charge is 0.320 e. The van der Waals surface area contributed by atoms with E-state index in [0.29, 0.717) is 5.82 Å². The van der Waals surface area contributed by atoms with Gasteiger partial charge in [0.2, 0.25) is 0 Å². The Morgan fingerprint density at radius 1 is 1.40 bits per heavy atom. The Hall–Kier alpha value is -2.37. The molecule has 1 aliphatic carbocycles. The molecule has 0 saturated heterocycles. The molecular weight excluding hydrogens is 254 g/mol. The quantitative estimate of drug-likeness (QED) is 0.778. The molecule has 2 amide bonds. The number of hydrogen-bond acceptors (Lipinski definition) is 3. The minimum absolute atomic E-state index is 0.144. The summed E-state index contributed by atoms with van der Waals surface area (Å²) in [4.78, 5) is 16.1. The summed E-state index contributed by atoms with van der Waals surface area (Å²) in [5, 5.41) is 12.7. The molecule has 0 spiro atoms. The zero-order chi connectivity index (χ0) is 13.9. The van der Waals surface area contributed by atoms with Crippen molar-refractivity contribution in [2.75, 3.05) is 5.32 Å². The summed E-state index contributed by atoms with van der Waals surface area (Å²) in [5.74, 6) is 0.563. The van der Waals surface area contributed by atoms with Crippen LogP contribution >= 0.6 is 0 Å². The van der Waals surface area contributed by atoms with Crippen LogP contribution in [0, 0.1) is 6.92 Å². The third kappa shape index (κ3) is 2.79. The Labute approximate surface area is 117 Å². The maximum Gasteiger partial charge on any atom is 0.320 e. The number of rotatable bonds is 2. The molecule has 0 saturated carbocycles. The van der Waals surface area contributed by atoms with Crippen LogP contribution in [-0.4, -0.2) is 27.3 Å². The number of nitrogens with zero attached hydrogens (tertiary/aromatic N) is 2. The van der Waals surface area contributed by atoms with Gasteiger partial charge in [0.25, 0.3) is 0 Å². The third-order valence-corrected chi connectivity index (χ3v) is 3.50. The summed E-state index contributed by atoms with van der Waals surface area (Å²) in [6.07, 6.45) is 6.23. The molecule has 2 aromatic rings. The number of carbonyl (C=O) groups is 1. The van der Waals surface area contributed by atoms with Crippen molar-refractivity contribution in [1.29, 1.82) is 0 Å². The lowest BCUT2D eigenvalue weighted by atomic mass is 9.94. The van der Waals surface area contributed by atoms with E-state index in [4.69, 9.17) is 0 Å². The molecule has 6 heteroatoms. The number of aromatic amines is 1. The number of anilines is 1. The topological polar surface area (TPSA) is 82.7 Å². The van der Waals surface area contributed by atoms with Gasteiger partial charge >= 0.3 is 6.03 Å². The van der Waals surface area contributed by atoms with E-state index < -0.39 is 0 Å². The Kier molecular flexibility index (Phi) is 3.37. The second kappa shape index (κ2) is 5.32. The first-order chi connectivity index (χ1) is 9.70. The van der Waals surface area contributed by atoms with Crippen LogP contribution in [0.1, 0.15) is 23.2 Å². The maximum atomic E-state index is 11.9. The van der Waals surface area contributed by atoms with E-state index in [1.54, 1.807) is 12.3 Å². The Morgan fingerprint density at radius 3 is 3.10 bits per heavy atom. The van der Waals surface area contributed by atoms with Gasteiger partial charge in [-0.3, -0.25) is 10.4 Å². The third-order valence-electron chi connectivity index (χ3n) is 3.50. The normalized spacial score (nSPS) is 17.4. The highest BCUT2D eigenvalue weighted by Gasteiger charge is 2.21. The largest absolute Gasteiger partial charge is 0.335 e. The predicted octanol–water partition coefficient (Wildman–Crippen LogP) is 1.79. The van der Waals surface area contributed by atoms with Crippen molar-refractivity contribution in [2.24, 2.45) is 0 Å². The molecular formula is C14H17N5O. The van der Waals surface area contributed by atoms with Gasteiger partial charge in [0, 0.05) is 17.9 Å². The van der Waals surface area contributed by atoms with Gasteiger partial charge in [-0.05, 0) is 43.4 Å². The van der Waals surface area contributed by atoms with Crippen molar-refractivity contribution in [1.82, 2.24) is 20.5 Å². The van der Waals surface area contributed by atoms with Gasteiger partial charge in [0.05, 0.1) is 6.20 Å². The second-order valence-corrected chi connectivity index (χ2v) is 5.13. The van der Waals surface area contributed by atoms with Gasteiger partial charge in [-0.25, -0.2) is 9.78 Å². The van der Waals surface area contributed by atoms with Crippen LogP contribution in [0.3, 0.4) is 0 Å². The number of hydrogen-bond donors (Lipinski definition) is 3. The van der Waals surface area contributed by atoms with E-state index in [2.05, 4.69) is 25.8 Å². The summed E-state index contributed by atoms with van der Waals surface area (Å²) in [6, 6.07) is 3.65. The lowest BCUT2D eigenvalue weighted by Crippen LogP contribution is -2.41. The molecule has 0 aliphatic heterocycles. The van der Waals surface area contributed by atoms with E-state index in [9.17, 15) is 4.79 Å². The number of pyridine rings is 1. The number of urea groups is 1. The summed E-state index contributed by atoms with van der Waals surface area (Å²) in [5.41, 5.74) is 3.44. The van der Waals surface area contributed by atoms with Crippen LogP contribution in [-0.2, 0) is 12.8 Å². The molecule has 2 heterocycles. The van der Waals surface area contributed by atoms with E-state index in [1.165, 1.54) is 11.3 Å². The van der Waals surface area contributed by atoms with Crippen LogP contribution in [0.5, 0.6) is 0 Å². The number of amides is 2. The zero-order valence-electron chi connectivity index (χ0n) is 11.3. The van der Waals surface area contributed by atoms with Crippen molar-refractivity contribution in [3.05, 3.63) is 41.3 Å².